The Bertz CT molecular complexity index is 414. The molecule has 0 aromatic heterocycles. The van der Waals surface area contributed by atoms with Gasteiger partial charge in [0.05, 0.1) is 5.94 Å². The Kier molecular flexibility index (Phi) is 4.67. The number of hydrogen-bond donors (Lipinski definition) is 6. The van der Waals surface area contributed by atoms with Crippen LogP contribution in [-0.2, 0) is 6.42 Å². The first-order chi connectivity index (χ1) is 7.91. The third kappa shape index (κ3) is 3.84. The molecule has 0 aliphatic rings. The van der Waals surface area contributed by atoms with Crippen molar-refractivity contribution in [3.63, 3.8) is 0 Å². The molecule has 1 aromatic carbocycles. The number of carbonyl (C=O) groups is 1. The highest BCUT2D eigenvalue weighted by Gasteiger charge is 2.26. The number of hydrogen-bond acceptors (Lipinski definition) is 5. The lowest BCUT2D eigenvalue weighted by atomic mass is 9.76. The summed E-state index contributed by atoms with van der Waals surface area (Å²) < 4.78 is 0. The number of carbonyl (C=O) groups excluding carboxylic acids is 1. The molecule has 1 atom stereocenters. The van der Waals surface area contributed by atoms with Crippen LogP contribution in [0.3, 0.4) is 0 Å². The predicted octanol–water partition coefficient (Wildman–Crippen LogP) is -0.340. The molecule has 1 rings (SSSR count). The second-order valence-electron chi connectivity index (χ2n) is 3.46. The summed E-state index contributed by atoms with van der Waals surface area (Å²) in [6.45, 7) is 0. The van der Waals surface area contributed by atoms with E-state index in [1.165, 1.54) is 18.2 Å². The van der Waals surface area contributed by atoms with Crippen molar-refractivity contribution in [1.82, 2.24) is 5.32 Å². The Labute approximate surface area is 103 Å². The number of nitrogens with one attached hydrogen (secondary N) is 1. The molecule has 0 saturated heterocycles. The van der Waals surface area contributed by atoms with E-state index in [-0.39, 0.29) is 23.5 Å². The third-order valence-electron chi connectivity index (χ3n) is 2.21. The highest BCUT2D eigenvalue weighted by Crippen LogP contribution is 2.29. The van der Waals surface area contributed by atoms with Gasteiger partial charge < -0.3 is 25.6 Å². The Morgan fingerprint density at radius 1 is 1.41 bits per heavy atom. The lowest BCUT2D eigenvalue weighted by Crippen LogP contribution is -2.46. The van der Waals surface area contributed by atoms with Crippen molar-refractivity contribution in [3.05, 3.63) is 23.8 Å². The summed E-state index contributed by atoms with van der Waals surface area (Å²) >= 11 is 3.46. The predicted molar refractivity (Wildman–Crippen MR) is 65.0 cm³/mol. The molecular weight excluding hydrogens is 245 g/mol. The van der Waals surface area contributed by atoms with E-state index in [1.54, 1.807) is 0 Å². The van der Waals surface area contributed by atoms with E-state index in [0.29, 0.717) is 0 Å². The van der Waals surface area contributed by atoms with Gasteiger partial charge in [-0.05, 0) is 18.1 Å². The molecule has 1 aromatic rings. The summed E-state index contributed by atoms with van der Waals surface area (Å²) in [6, 6.07) is 4.28. The van der Waals surface area contributed by atoms with Crippen LogP contribution in [0.2, 0.25) is 0 Å². The smallest absolute Gasteiger partial charge is 0.475 e. The molecule has 0 spiro atoms. The van der Waals surface area contributed by atoms with E-state index in [1.807, 2.05) is 0 Å². The zero-order chi connectivity index (χ0) is 13.0. The van der Waals surface area contributed by atoms with Gasteiger partial charge in [-0.1, -0.05) is 24.8 Å². The second-order valence-corrected chi connectivity index (χ2v) is 3.86. The molecule has 0 saturated carbocycles. The number of para-hydroxylation sites is 1. The van der Waals surface area contributed by atoms with Crippen molar-refractivity contribution in [1.29, 1.82) is 0 Å². The molecule has 0 bridgehead atoms. The van der Waals surface area contributed by atoms with Gasteiger partial charge >= 0.3 is 7.12 Å². The molecule has 0 aliphatic carbocycles. The SMILES string of the molecule is O=C(S)NC(Cc1cccc(O)c1O)B(O)O. The van der Waals surface area contributed by atoms with Crippen LogP contribution in [0, 0.1) is 0 Å². The fourth-order valence-electron chi connectivity index (χ4n) is 1.37. The number of benzene rings is 1. The van der Waals surface area contributed by atoms with Gasteiger partial charge in [-0.2, -0.15) is 0 Å². The fourth-order valence-corrected chi connectivity index (χ4v) is 1.53. The van der Waals surface area contributed by atoms with Crippen LogP contribution in [0.1, 0.15) is 5.56 Å². The van der Waals surface area contributed by atoms with Crippen LogP contribution < -0.4 is 5.32 Å². The summed E-state index contributed by atoms with van der Waals surface area (Å²) in [6.07, 6.45) is -0.0514. The molecule has 0 heterocycles. The number of phenols is 2. The molecule has 0 aliphatic heterocycles. The summed E-state index contributed by atoms with van der Waals surface area (Å²) in [5, 5.41) is 38.4. The van der Waals surface area contributed by atoms with Crippen LogP contribution in [0.5, 0.6) is 11.5 Å². The summed E-state index contributed by atoms with van der Waals surface area (Å²) in [7, 11) is -1.80. The normalized spacial score (nSPS) is 11.9. The average Bonchev–Trinajstić information content (AvgIpc) is 2.22. The molecule has 0 radical (unpaired) electrons. The van der Waals surface area contributed by atoms with Crippen LogP contribution in [0.15, 0.2) is 18.2 Å². The summed E-state index contributed by atoms with van der Waals surface area (Å²) in [5.41, 5.74) is 0.283. The number of rotatable bonds is 4. The van der Waals surface area contributed by atoms with Gasteiger partial charge in [0.1, 0.15) is 0 Å². The molecule has 6 nitrogen and oxygen atoms in total. The summed E-state index contributed by atoms with van der Waals surface area (Å²) in [4.78, 5) is 10.7. The van der Waals surface area contributed by atoms with Gasteiger partial charge in [-0.25, -0.2) is 0 Å². The van der Waals surface area contributed by atoms with Gasteiger partial charge in [0.2, 0.25) is 0 Å². The van der Waals surface area contributed by atoms with Crippen molar-refractivity contribution in [3.8, 4) is 11.5 Å². The van der Waals surface area contributed by atoms with Crippen LogP contribution >= 0.6 is 12.6 Å². The zero-order valence-electron chi connectivity index (χ0n) is 8.74. The maximum atomic E-state index is 10.7. The van der Waals surface area contributed by atoms with E-state index in [4.69, 9.17) is 10.0 Å². The lowest BCUT2D eigenvalue weighted by Gasteiger charge is -2.17. The standard InChI is InChI=1S/C9H12BNO5S/c12-6-3-1-2-5(8(6)13)4-7(10(15)16)11-9(14)17/h1-3,7,12-13,15-16H,4H2,(H2,11,14,17). The molecular formula is C9H12BNO5S. The Morgan fingerprint density at radius 3 is 2.59 bits per heavy atom. The molecule has 17 heavy (non-hydrogen) atoms. The Balaban J connectivity index is 2.86. The Hall–Kier alpha value is -1.38. The van der Waals surface area contributed by atoms with Gasteiger partial charge in [-0.15, -0.1) is 0 Å². The van der Waals surface area contributed by atoms with Crippen LogP contribution in [-0.4, -0.2) is 38.6 Å². The van der Waals surface area contributed by atoms with Crippen molar-refractivity contribution in [2.75, 3.05) is 0 Å². The van der Waals surface area contributed by atoms with Crippen molar-refractivity contribution in [2.45, 2.75) is 12.4 Å². The van der Waals surface area contributed by atoms with E-state index < -0.39 is 18.3 Å². The van der Waals surface area contributed by atoms with Gasteiger partial charge in [-0.3, -0.25) is 4.79 Å². The number of aromatic hydroxyl groups is 2. The molecule has 1 amide bonds. The van der Waals surface area contributed by atoms with E-state index in [9.17, 15) is 15.0 Å². The van der Waals surface area contributed by atoms with E-state index >= 15 is 0 Å². The summed E-state index contributed by atoms with van der Waals surface area (Å²) in [5.74, 6) is -1.69. The van der Waals surface area contributed by atoms with Gasteiger partial charge in [0.15, 0.2) is 11.5 Å². The molecule has 92 valence electrons. The number of phenolic OH excluding ortho intramolecular Hbond substituents is 2. The Morgan fingerprint density at radius 2 is 2.06 bits per heavy atom. The van der Waals surface area contributed by atoms with Crippen LogP contribution in [0.4, 0.5) is 4.79 Å². The lowest BCUT2D eigenvalue weighted by molar-refractivity contribution is 0.257. The second kappa shape index (κ2) is 5.81. The van der Waals surface area contributed by atoms with Crippen molar-refractivity contribution in [2.24, 2.45) is 0 Å². The third-order valence-corrected chi connectivity index (χ3v) is 2.34. The first-order valence-corrected chi connectivity index (χ1v) is 5.22. The molecule has 1 unspecified atom stereocenters. The van der Waals surface area contributed by atoms with E-state index in [0.717, 1.165) is 0 Å². The minimum atomic E-state index is -1.80. The average molecular weight is 257 g/mol. The maximum Gasteiger partial charge on any atom is 0.475 e. The highest BCUT2D eigenvalue weighted by molar-refractivity contribution is 7.96. The molecule has 5 N–H and O–H groups in total. The van der Waals surface area contributed by atoms with Crippen molar-refractivity contribution >= 4 is 25.0 Å². The minimum absolute atomic E-state index is 0.0514. The fraction of sp³-hybridized carbons (Fsp3) is 0.222. The largest absolute Gasteiger partial charge is 0.504 e. The van der Waals surface area contributed by atoms with Crippen LogP contribution in [0.25, 0.3) is 0 Å². The first kappa shape index (κ1) is 13.7. The quantitative estimate of drug-likeness (QED) is 0.251. The highest BCUT2D eigenvalue weighted by atomic mass is 32.1. The van der Waals surface area contributed by atoms with E-state index in [2.05, 4.69) is 17.9 Å². The van der Waals surface area contributed by atoms with Gasteiger partial charge in [0.25, 0.3) is 5.24 Å². The molecule has 0 fully saturated rings. The monoisotopic (exact) mass is 257 g/mol. The maximum absolute atomic E-state index is 10.7. The molecule has 8 heteroatoms. The number of thiol groups is 1. The first-order valence-electron chi connectivity index (χ1n) is 4.77. The topological polar surface area (TPSA) is 110 Å². The minimum Gasteiger partial charge on any atom is -0.504 e. The van der Waals surface area contributed by atoms with Gasteiger partial charge in [0, 0.05) is 0 Å². The van der Waals surface area contributed by atoms with Crippen molar-refractivity contribution < 1.29 is 25.1 Å². The zero-order valence-corrected chi connectivity index (χ0v) is 9.63. The number of amides is 1.